The van der Waals surface area contributed by atoms with Gasteiger partial charge in [-0.25, -0.2) is 0 Å². The van der Waals surface area contributed by atoms with Gasteiger partial charge in [-0.05, 0) is 48.9 Å². The fourth-order valence-electron chi connectivity index (χ4n) is 3.04. The quantitative estimate of drug-likeness (QED) is 0.816. The Morgan fingerprint density at radius 2 is 2.05 bits per heavy atom. The molecule has 1 atom stereocenters. The van der Waals surface area contributed by atoms with Crippen LogP contribution in [0.3, 0.4) is 0 Å². The summed E-state index contributed by atoms with van der Waals surface area (Å²) in [7, 11) is 0. The van der Waals surface area contributed by atoms with Crippen LogP contribution < -0.4 is 5.32 Å². The van der Waals surface area contributed by atoms with Gasteiger partial charge in [-0.1, -0.05) is 55.3 Å². The van der Waals surface area contributed by atoms with E-state index in [0.717, 1.165) is 6.42 Å². The number of benzene rings is 2. The molecule has 1 N–H and O–H groups in total. The average Bonchev–Trinajstić information content (AvgIpc) is 2.88. The van der Waals surface area contributed by atoms with Gasteiger partial charge in [0.2, 0.25) is 0 Å². The molecule has 2 aromatic rings. The zero-order chi connectivity index (χ0) is 13.9. The Kier molecular flexibility index (Phi) is 3.77. The van der Waals surface area contributed by atoms with Crippen molar-refractivity contribution in [2.24, 2.45) is 0 Å². The first-order valence-electron chi connectivity index (χ1n) is 7.71. The van der Waals surface area contributed by atoms with Crippen molar-refractivity contribution < 1.29 is 0 Å². The van der Waals surface area contributed by atoms with Crippen molar-refractivity contribution in [3.63, 3.8) is 0 Å². The van der Waals surface area contributed by atoms with E-state index < -0.39 is 0 Å². The zero-order valence-electron chi connectivity index (χ0n) is 12.4. The van der Waals surface area contributed by atoms with Crippen LogP contribution in [0.1, 0.15) is 48.1 Å². The van der Waals surface area contributed by atoms with Crippen molar-refractivity contribution in [2.45, 2.75) is 45.6 Å². The van der Waals surface area contributed by atoms with Crippen molar-refractivity contribution in [1.29, 1.82) is 0 Å². The molecule has 0 radical (unpaired) electrons. The maximum absolute atomic E-state index is 3.66. The van der Waals surface area contributed by atoms with Gasteiger partial charge in [0.05, 0.1) is 6.04 Å². The number of hydrogen-bond donors (Lipinski definition) is 1. The first-order valence-corrected chi connectivity index (χ1v) is 7.71. The third-order valence-corrected chi connectivity index (χ3v) is 4.19. The molecule has 0 amide bonds. The standard InChI is InChI=1S/C19H23N/c1-3-4-7-15-9-10-18-17(12-15)13-19(20-18)16-8-5-6-14(2)11-16/h5-6,8-12,19-20H,3-4,7,13H2,1-2H3. The molecule has 1 aliphatic rings. The molecule has 0 spiro atoms. The summed E-state index contributed by atoms with van der Waals surface area (Å²) in [5.74, 6) is 0. The molecule has 1 aliphatic heterocycles. The van der Waals surface area contributed by atoms with Crippen LogP contribution in [0, 0.1) is 6.92 Å². The predicted molar refractivity (Wildman–Crippen MR) is 86.3 cm³/mol. The minimum absolute atomic E-state index is 0.436. The van der Waals surface area contributed by atoms with E-state index in [1.807, 2.05) is 0 Å². The van der Waals surface area contributed by atoms with E-state index in [-0.39, 0.29) is 0 Å². The predicted octanol–water partition coefficient (Wildman–Crippen LogP) is 5.05. The van der Waals surface area contributed by atoms with E-state index in [4.69, 9.17) is 0 Å². The Morgan fingerprint density at radius 1 is 1.15 bits per heavy atom. The molecule has 0 fully saturated rings. The van der Waals surface area contributed by atoms with Crippen LogP contribution in [0.4, 0.5) is 5.69 Å². The second-order valence-corrected chi connectivity index (χ2v) is 5.91. The summed E-state index contributed by atoms with van der Waals surface area (Å²) < 4.78 is 0. The summed E-state index contributed by atoms with van der Waals surface area (Å²) in [6, 6.07) is 16.2. The van der Waals surface area contributed by atoms with E-state index in [1.54, 1.807) is 0 Å². The highest BCUT2D eigenvalue weighted by atomic mass is 14.9. The van der Waals surface area contributed by atoms with Gasteiger partial charge in [0, 0.05) is 5.69 Å². The Hall–Kier alpha value is -1.76. The lowest BCUT2D eigenvalue weighted by atomic mass is 9.99. The zero-order valence-corrected chi connectivity index (χ0v) is 12.4. The Morgan fingerprint density at radius 3 is 2.85 bits per heavy atom. The molecule has 0 bridgehead atoms. The molecular weight excluding hydrogens is 242 g/mol. The van der Waals surface area contributed by atoms with Crippen molar-refractivity contribution in [1.82, 2.24) is 0 Å². The third kappa shape index (κ3) is 2.72. The third-order valence-electron chi connectivity index (χ3n) is 4.19. The van der Waals surface area contributed by atoms with Gasteiger partial charge in [-0.2, -0.15) is 0 Å². The molecule has 1 heteroatoms. The number of hydrogen-bond acceptors (Lipinski definition) is 1. The molecule has 0 aliphatic carbocycles. The summed E-state index contributed by atoms with van der Waals surface area (Å²) >= 11 is 0. The minimum Gasteiger partial charge on any atom is -0.378 e. The van der Waals surface area contributed by atoms with Crippen LogP contribution in [0.5, 0.6) is 0 Å². The van der Waals surface area contributed by atoms with E-state index in [9.17, 15) is 0 Å². The van der Waals surface area contributed by atoms with Crippen LogP contribution in [-0.2, 0) is 12.8 Å². The van der Waals surface area contributed by atoms with Gasteiger partial charge >= 0.3 is 0 Å². The van der Waals surface area contributed by atoms with Crippen molar-refractivity contribution >= 4 is 5.69 Å². The highest BCUT2D eigenvalue weighted by Gasteiger charge is 2.21. The first-order chi connectivity index (χ1) is 9.76. The summed E-state index contributed by atoms with van der Waals surface area (Å²) in [6.45, 7) is 4.41. The van der Waals surface area contributed by atoms with Crippen LogP contribution in [-0.4, -0.2) is 0 Å². The first kappa shape index (κ1) is 13.2. The summed E-state index contributed by atoms with van der Waals surface area (Å²) in [6.07, 6.45) is 4.87. The summed E-state index contributed by atoms with van der Waals surface area (Å²) in [5, 5.41) is 3.66. The highest BCUT2D eigenvalue weighted by Crippen LogP contribution is 2.35. The van der Waals surface area contributed by atoms with Crippen molar-refractivity contribution in [3.8, 4) is 0 Å². The highest BCUT2D eigenvalue weighted by molar-refractivity contribution is 5.59. The smallest absolute Gasteiger partial charge is 0.0555 e. The molecular formula is C19H23N. The Balaban J connectivity index is 1.78. The lowest BCUT2D eigenvalue weighted by molar-refractivity contribution is 0.792. The number of anilines is 1. The van der Waals surface area contributed by atoms with Crippen molar-refractivity contribution in [2.75, 3.05) is 5.32 Å². The van der Waals surface area contributed by atoms with E-state index in [1.165, 1.54) is 47.2 Å². The molecule has 1 heterocycles. The second-order valence-electron chi connectivity index (χ2n) is 5.91. The molecule has 2 aromatic carbocycles. The van der Waals surface area contributed by atoms with Crippen LogP contribution >= 0.6 is 0 Å². The van der Waals surface area contributed by atoms with Gasteiger partial charge < -0.3 is 5.32 Å². The topological polar surface area (TPSA) is 12.0 Å². The van der Waals surface area contributed by atoms with Crippen LogP contribution in [0.2, 0.25) is 0 Å². The molecule has 20 heavy (non-hydrogen) atoms. The van der Waals surface area contributed by atoms with E-state index in [2.05, 4.69) is 61.6 Å². The van der Waals surface area contributed by atoms with Gasteiger partial charge in [-0.3, -0.25) is 0 Å². The van der Waals surface area contributed by atoms with E-state index in [0.29, 0.717) is 6.04 Å². The molecule has 1 unspecified atom stereocenters. The summed E-state index contributed by atoms with van der Waals surface area (Å²) in [5.41, 5.74) is 7.01. The van der Waals surface area contributed by atoms with Gasteiger partial charge in [0.15, 0.2) is 0 Å². The van der Waals surface area contributed by atoms with Crippen LogP contribution in [0.25, 0.3) is 0 Å². The molecule has 104 valence electrons. The normalized spacial score (nSPS) is 16.8. The lowest BCUT2D eigenvalue weighted by Crippen LogP contribution is -2.05. The lowest BCUT2D eigenvalue weighted by Gasteiger charge is -2.12. The Labute approximate surface area is 122 Å². The molecule has 3 rings (SSSR count). The number of rotatable bonds is 4. The largest absolute Gasteiger partial charge is 0.378 e. The second kappa shape index (κ2) is 5.70. The monoisotopic (exact) mass is 265 g/mol. The fourth-order valence-corrected chi connectivity index (χ4v) is 3.04. The van der Waals surface area contributed by atoms with Gasteiger partial charge in [-0.15, -0.1) is 0 Å². The van der Waals surface area contributed by atoms with Gasteiger partial charge in [0.25, 0.3) is 0 Å². The minimum atomic E-state index is 0.436. The molecule has 0 saturated heterocycles. The maximum Gasteiger partial charge on any atom is 0.0555 e. The number of unbranched alkanes of at least 4 members (excludes halogenated alkanes) is 1. The molecule has 1 nitrogen and oxygen atoms in total. The number of nitrogens with one attached hydrogen (secondary N) is 1. The van der Waals surface area contributed by atoms with E-state index >= 15 is 0 Å². The summed E-state index contributed by atoms with van der Waals surface area (Å²) in [4.78, 5) is 0. The maximum atomic E-state index is 3.66. The van der Waals surface area contributed by atoms with Gasteiger partial charge in [0.1, 0.15) is 0 Å². The van der Waals surface area contributed by atoms with Crippen molar-refractivity contribution in [3.05, 3.63) is 64.7 Å². The fraction of sp³-hybridized carbons (Fsp3) is 0.368. The average molecular weight is 265 g/mol. The number of fused-ring (bicyclic) bond motifs is 1. The van der Waals surface area contributed by atoms with Crippen LogP contribution in [0.15, 0.2) is 42.5 Å². The Bertz CT molecular complexity index is 600. The molecule has 0 saturated carbocycles. The molecule has 0 aromatic heterocycles. The SMILES string of the molecule is CCCCc1ccc2c(c1)CC(c1cccc(C)c1)N2. The number of aryl methyl sites for hydroxylation is 2.